The molecule has 2 aliphatic rings. The van der Waals surface area contributed by atoms with E-state index in [0.717, 1.165) is 25.2 Å². The number of nitrogens with zero attached hydrogens (tertiary/aromatic N) is 2. The fraction of sp³-hybridized carbons (Fsp3) is 0.529. The first kappa shape index (κ1) is 16.7. The van der Waals surface area contributed by atoms with Crippen molar-refractivity contribution in [2.45, 2.75) is 38.2 Å². The van der Waals surface area contributed by atoms with E-state index in [9.17, 15) is 13.6 Å². The van der Waals surface area contributed by atoms with Crippen LogP contribution in [0.25, 0.3) is 0 Å². The molecule has 1 aliphatic carbocycles. The third kappa shape index (κ3) is 3.34. The van der Waals surface area contributed by atoms with Crippen LogP contribution >= 0.6 is 0 Å². The van der Waals surface area contributed by atoms with Gasteiger partial charge in [0.15, 0.2) is 0 Å². The Kier molecular flexibility index (Phi) is 4.43. The van der Waals surface area contributed by atoms with Crippen LogP contribution in [-0.4, -0.2) is 37.7 Å². The number of nitrogens with two attached hydrogens (primary N) is 1. The second kappa shape index (κ2) is 6.37. The average molecular weight is 336 g/mol. The van der Waals surface area contributed by atoms with Crippen molar-refractivity contribution in [2.75, 3.05) is 29.0 Å². The largest absolute Gasteiger partial charge is 0.398 e. The van der Waals surface area contributed by atoms with Gasteiger partial charge < -0.3 is 16.0 Å². The summed E-state index contributed by atoms with van der Waals surface area (Å²) in [4.78, 5) is 17.4. The van der Waals surface area contributed by atoms with Gasteiger partial charge in [-0.25, -0.2) is 8.78 Å². The number of halogens is 2. The Morgan fingerprint density at radius 3 is 2.75 bits per heavy atom. The predicted octanol–water partition coefficient (Wildman–Crippen LogP) is 2.90. The molecule has 1 saturated heterocycles. The number of alkyl halides is 2. The van der Waals surface area contributed by atoms with Crippen molar-refractivity contribution in [1.29, 1.82) is 0 Å². The number of rotatable bonds is 5. The van der Waals surface area contributed by atoms with Crippen LogP contribution in [-0.2, 0) is 4.79 Å². The molecule has 0 spiro atoms. The summed E-state index contributed by atoms with van der Waals surface area (Å²) >= 11 is 0. The molecule has 1 atom stereocenters. The number of carbonyl (C=O) groups excluding carboxylic acids is 1. The minimum Gasteiger partial charge on any atom is -0.398 e. The topological polar surface area (TPSA) is 70.7 Å². The normalized spacial score (nSPS) is 23.5. The van der Waals surface area contributed by atoms with E-state index in [1.807, 2.05) is 0 Å². The van der Waals surface area contributed by atoms with E-state index in [1.54, 1.807) is 18.3 Å². The molecule has 1 unspecified atom stereocenters. The summed E-state index contributed by atoms with van der Waals surface area (Å²) in [5, 5.41) is 2.70. The molecule has 1 aliphatic heterocycles. The lowest BCUT2D eigenvalue weighted by Gasteiger charge is -2.32. The van der Waals surface area contributed by atoms with Gasteiger partial charge in [-0.15, -0.1) is 0 Å². The van der Waals surface area contributed by atoms with Crippen molar-refractivity contribution in [3.8, 4) is 0 Å². The smallest absolute Gasteiger partial charge is 0.252 e. The van der Waals surface area contributed by atoms with Crippen LogP contribution in [0.2, 0.25) is 0 Å². The standard InChI is InChI=1S/C17H22F2N4O/c1-11-4-5-23(9-11)16-13(8-21-12-6-17(18,19)7-12)14(20)2-3-15(16)22-10-24/h2-3,8,10-12H,4-7,9,20H2,1H3,(H,22,24). The first-order valence-corrected chi connectivity index (χ1v) is 8.18. The molecule has 2 fully saturated rings. The van der Waals surface area contributed by atoms with Gasteiger partial charge in [-0.05, 0) is 24.5 Å². The molecule has 1 amide bonds. The van der Waals surface area contributed by atoms with Gasteiger partial charge >= 0.3 is 0 Å². The molecule has 0 bridgehead atoms. The molecular weight excluding hydrogens is 314 g/mol. The molecule has 3 rings (SSSR count). The average Bonchev–Trinajstić information content (AvgIpc) is 2.91. The first-order valence-electron chi connectivity index (χ1n) is 8.18. The summed E-state index contributed by atoms with van der Waals surface area (Å²) in [5.41, 5.74) is 8.80. The zero-order valence-corrected chi connectivity index (χ0v) is 13.6. The molecule has 1 aromatic rings. The summed E-state index contributed by atoms with van der Waals surface area (Å²) < 4.78 is 25.9. The van der Waals surface area contributed by atoms with Crippen LogP contribution in [0.5, 0.6) is 0 Å². The maximum Gasteiger partial charge on any atom is 0.252 e. The van der Waals surface area contributed by atoms with Crippen LogP contribution in [0, 0.1) is 5.92 Å². The van der Waals surface area contributed by atoms with Gasteiger partial charge in [0, 0.05) is 43.4 Å². The second-order valence-electron chi connectivity index (χ2n) is 6.76. The Hall–Kier alpha value is -2.18. The highest BCUT2D eigenvalue weighted by Gasteiger charge is 2.45. The highest BCUT2D eigenvalue weighted by atomic mass is 19.3. The summed E-state index contributed by atoms with van der Waals surface area (Å²) in [7, 11) is 0. The molecule has 0 aromatic heterocycles. The number of aliphatic imine (C=N–C) groups is 1. The molecule has 1 heterocycles. The number of amides is 1. The van der Waals surface area contributed by atoms with Gasteiger partial charge in [-0.3, -0.25) is 9.79 Å². The number of nitrogen functional groups attached to an aromatic ring is 1. The van der Waals surface area contributed by atoms with Gasteiger partial charge in [-0.2, -0.15) is 0 Å². The lowest BCUT2D eigenvalue weighted by molar-refractivity contribution is -0.105. The maximum atomic E-state index is 13.0. The van der Waals surface area contributed by atoms with Gasteiger partial charge in [0.1, 0.15) is 0 Å². The summed E-state index contributed by atoms with van der Waals surface area (Å²) in [6.45, 7) is 3.89. The second-order valence-corrected chi connectivity index (χ2v) is 6.76. The summed E-state index contributed by atoms with van der Waals surface area (Å²) in [6.07, 6.45) is 2.84. The minimum absolute atomic E-state index is 0.217. The van der Waals surface area contributed by atoms with E-state index in [0.29, 0.717) is 29.3 Å². The zero-order chi connectivity index (χ0) is 17.3. The van der Waals surface area contributed by atoms with Crippen LogP contribution in [0.15, 0.2) is 17.1 Å². The van der Waals surface area contributed by atoms with E-state index in [2.05, 4.69) is 22.1 Å². The number of anilines is 3. The first-order chi connectivity index (χ1) is 11.4. The molecule has 0 radical (unpaired) electrons. The molecule has 5 nitrogen and oxygen atoms in total. The zero-order valence-electron chi connectivity index (χ0n) is 13.6. The lowest BCUT2D eigenvalue weighted by Crippen LogP contribution is -2.38. The van der Waals surface area contributed by atoms with Crippen LogP contribution < -0.4 is 16.0 Å². The fourth-order valence-electron chi connectivity index (χ4n) is 3.33. The molecule has 130 valence electrons. The van der Waals surface area contributed by atoms with Crippen molar-refractivity contribution in [3.63, 3.8) is 0 Å². The third-order valence-corrected chi connectivity index (χ3v) is 4.69. The number of hydrogen-bond donors (Lipinski definition) is 2. The van der Waals surface area contributed by atoms with Crippen molar-refractivity contribution in [2.24, 2.45) is 10.9 Å². The van der Waals surface area contributed by atoms with E-state index in [4.69, 9.17) is 5.73 Å². The Morgan fingerprint density at radius 2 is 2.17 bits per heavy atom. The van der Waals surface area contributed by atoms with Crippen molar-refractivity contribution in [3.05, 3.63) is 17.7 Å². The van der Waals surface area contributed by atoms with Crippen molar-refractivity contribution >= 4 is 29.7 Å². The van der Waals surface area contributed by atoms with E-state index >= 15 is 0 Å². The summed E-state index contributed by atoms with van der Waals surface area (Å²) in [6, 6.07) is 3.09. The van der Waals surface area contributed by atoms with E-state index < -0.39 is 5.92 Å². The Labute approximate surface area is 139 Å². The number of hydrogen-bond acceptors (Lipinski definition) is 4. The van der Waals surface area contributed by atoms with Gasteiger partial charge in [0.05, 0.1) is 17.4 Å². The Balaban J connectivity index is 1.92. The molecule has 24 heavy (non-hydrogen) atoms. The Morgan fingerprint density at radius 1 is 1.42 bits per heavy atom. The third-order valence-electron chi connectivity index (χ3n) is 4.69. The highest BCUT2D eigenvalue weighted by molar-refractivity contribution is 6.01. The number of nitrogens with one attached hydrogen (secondary N) is 1. The van der Waals surface area contributed by atoms with Gasteiger partial charge in [0.2, 0.25) is 6.41 Å². The minimum atomic E-state index is -2.60. The molecule has 1 aromatic carbocycles. The van der Waals surface area contributed by atoms with E-state index in [1.165, 1.54) is 0 Å². The van der Waals surface area contributed by atoms with Gasteiger partial charge in [0.25, 0.3) is 5.92 Å². The number of carbonyl (C=O) groups is 1. The van der Waals surface area contributed by atoms with E-state index in [-0.39, 0.29) is 18.9 Å². The van der Waals surface area contributed by atoms with Gasteiger partial charge in [-0.1, -0.05) is 6.92 Å². The molecule has 7 heteroatoms. The molecular formula is C17H22F2N4O. The van der Waals surface area contributed by atoms with Crippen LogP contribution in [0.4, 0.5) is 25.8 Å². The highest BCUT2D eigenvalue weighted by Crippen LogP contribution is 2.40. The summed E-state index contributed by atoms with van der Waals surface area (Å²) in [5.74, 6) is -2.05. The predicted molar refractivity (Wildman–Crippen MR) is 92.1 cm³/mol. The maximum absolute atomic E-state index is 13.0. The lowest BCUT2D eigenvalue weighted by atomic mass is 9.89. The van der Waals surface area contributed by atoms with Crippen LogP contribution in [0.3, 0.4) is 0 Å². The Bertz CT molecular complexity index is 654. The van der Waals surface area contributed by atoms with Crippen LogP contribution in [0.1, 0.15) is 31.7 Å². The SMILES string of the molecule is CC1CCN(c2c(NC=O)ccc(N)c2C=NC2CC(F)(F)C2)C1. The van der Waals surface area contributed by atoms with Crippen molar-refractivity contribution < 1.29 is 13.6 Å². The fourth-order valence-corrected chi connectivity index (χ4v) is 3.33. The number of benzene rings is 1. The molecule has 3 N–H and O–H groups in total. The molecule has 1 saturated carbocycles. The quantitative estimate of drug-likeness (QED) is 0.493. The monoisotopic (exact) mass is 336 g/mol. The van der Waals surface area contributed by atoms with Crippen molar-refractivity contribution in [1.82, 2.24) is 0 Å².